The lowest BCUT2D eigenvalue weighted by Crippen LogP contribution is -2.48. The fourth-order valence-corrected chi connectivity index (χ4v) is 2.06. The molecular weight excluding hydrogens is 325 g/mol. The van der Waals surface area contributed by atoms with Crippen molar-refractivity contribution in [3.05, 3.63) is 30.4 Å². The highest BCUT2D eigenvalue weighted by Crippen LogP contribution is 2.25. The van der Waals surface area contributed by atoms with E-state index < -0.39 is 24.0 Å². The van der Waals surface area contributed by atoms with Crippen molar-refractivity contribution in [3.8, 4) is 11.5 Å². The molecule has 0 aliphatic rings. The van der Waals surface area contributed by atoms with Crippen molar-refractivity contribution in [2.75, 3.05) is 0 Å². The first kappa shape index (κ1) is 17.9. The molecule has 0 unspecified atom stereocenters. The number of aromatic nitrogens is 3. The Kier molecular flexibility index (Phi) is 5.53. The lowest BCUT2D eigenvalue weighted by atomic mass is 10.0. The summed E-state index contributed by atoms with van der Waals surface area (Å²) in [5.74, 6) is -1.02. The number of nitrogens with zero attached hydrogens (tertiary/aromatic N) is 3. The van der Waals surface area contributed by atoms with Gasteiger partial charge in [0.2, 0.25) is 17.7 Å². The molecule has 1 N–H and O–H groups in total. The number of carbonyl (C=O) groups excluding carboxylic acids is 1. The Labute approximate surface area is 136 Å². The molecule has 0 aromatic carbocycles. The summed E-state index contributed by atoms with van der Waals surface area (Å²) < 4.78 is 43.9. The number of halogens is 3. The second kappa shape index (κ2) is 7.41. The first-order valence-electron chi connectivity index (χ1n) is 7.36. The van der Waals surface area contributed by atoms with Crippen LogP contribution in [-0.2, 0) is 11.2 Å². The number of nitrogens with one attached hydrogen (secondary N) is 1. The van der Waals surface area contributed by atoms with Gasteiger partial charge in [0.25, 0.3) is 0 Å². The van der Waals surface area contributed by atoms with Crippen LogP contribution in [-0.4, -0.2) is 33.3 Å². The topological polar surface area (TPSA) is 80.9 Å². The van der Waals surface area contributed by atoms with Crippen molar-refractivity contribution in [2.24, 2.45) is 5.92 Å². The molecule has 0 aliphatic heterocycles. The fourth-order valence-electron chi connectivity index (χ4n) is 2.06. The van der Waals surface area contributed by atoms with Crippen LogP contribution in [0, 0.1) is 5.92 Å². The molecule has 6 nitrogen and oxygen atoms in total. The van der Waals surface area contributed by atoms with Crippen molar-refractivity contribution in [2.45, 2.75) is 38.9 Å². The average molecular weight is 342 g/mol. The average Bonchev–Trinajstić information content (AvgIpc) is 2.99. The van der Waals surface area contributed by atoms with Crippen LogP contribution in [0.15, 0.2) is 28.9 Å². The van der Waals surface area contributed by atoms with Crippen LogP contribution in [0.5, 0.6) is 0 Å². The number of hydrogen-bond donors (Lipinski definition) is 1. The molecule has 1 amide bonds. The Morgan fingerprint density at radius 2 is 1.92 bits per heavy atom. The van der Waals surface area contributed by atoms with Crippen LogP contribution < -0.4 is 5.32 Å². The summed E-state index contributed by atoms with van der Waals surface area (Å²) in [6, 6.07) is 1.49. The predicted octanol–water partition coefficient (Wildman–Crippen LogP) is 2.77. The van der Waals surface area contributed by atoms with Gasteiger partial charge in [0.15, 0.2) is 0 Å². The Morgan fingerprint density at radius 1 is 1.25 bits per heavy atom. The van der Waals surface area contributed by atoms with E-state index in [1.807, 2.05) is 5.32 Å². The maximum absolute atomic E-state index is 12.8. The van der Waals surface area contributed by atoms with Crippen LogP contribution in [0.1, 0.15) is 26.2 Å². The smallest absolute Gasteiger partial charge is 0.408 e. The van der Waals surface area contributed by atoms with Gasteiger partial charge in [0.1, 0.15) is 6.04 Å². The van der Waals surface area contributed by atoms with Crippen molar-refractivity contribution < 1.29 is 22.4 Å². The molecule has 0 aliphatic carbocycles. The van der Waals surface area contributed by atoms with E-state index in [2.05, 4.69) is 15.2 Å². The van der Waals surface area contributed by atoms with Crippen molar-refractivity contribution in [1.82, 2.24) is 20.5 Å². The van der Waals surface area contributed by atoms with Crippen molar-refractivity contribution in [3.63, 3.8) is 0 Å². The number of alkyl halides is 3. The third-order valence-corrected chi connectivity index (χ3v) is 3.30. The Morgan fingerprint density at radius 3 is 2.50 bits per heavy atom. The molecule has 24 heavy (non-hydrogen) atoms. The molecule has 2 aromatic rings. The molecule has 2 rings (SSSR count). The number of amides is 1. The molecule has 130 valence electrons. The molecule has 1 atom stereocenters. The molecule has 9 heteroatoms. The minimum absolute atomic E-state index is 0.0621. The van der Waals surface area contributed by atoms with E-state index in [-0.39, 0.29) is 24.6 Å². The quantitative estimate of drug-likeness (QED) is 0.873. The summed E-state index contributed by atoms with van der Waals surface area (Å²) in [6.07, 6.45) is -1.46. The van der Waals surface area contributed by atoms with Crippen LogP contribution in [0.2, 0.25) is 0 Å². The molecular formula is C15H17F3N4O2. The second-order valence-electron chi connectivity index (χ2n) is 5.57. The first-order chi connectivity index (χ1) is 11.3. The van der Waals surface area contributed by atoms with E-state index in [4.69, 9.17) is 4.42 Å². The second-order valence-corrected chi connectivity index (χ2v) is 5.57. The van der Waals surface area contributed by atoms with Gasteiger partial charge in [-0.1, -0.05) is 13.8 Å². The summed E-state index contributed by atoms with van der Waals surface area (Å²) in [4.78, 5) is 15.6. The normalized spacial score (nSPS) is 13.1. The van der Waals surface area contributed by atoms with Crippen LogP contribution >= 0.6 is 0 Å². The van der Waals surface area contributed by atoms with Gasteiger partial charge < -0.3 is 9.73 Å². The number of aryl methyl sites for hydroxylation is 1. The van der Waals surface area contributed by atoms with Gasteiger partial charge >= 0.3 is 6.18 Å². The Balaban J connectivity index is 1.92. The van der Waals surface area contributed by atoms with Crippen LogP contribution in [0.4, 0.5) is 13.2 Å². The standard InChI is InChI=1S/C15H17F3N4O2/c1-9(2)13(15(16,17)18)20-11(23)3-4-12-21-22-14(24-12)10-5-7-19-8-6-10/h5-9,13H,3-4H2,1-2H3,(H,20,23)/t13-/m1/s1. The summed E-state index contributed by atoms with van der Waals surface area (Å²) in [5, 5.41) is 9.63. The lowest BCUT2D eigenvalue weighted by molar-refractivity contribution is -0.169. The number of hydrogen-bond acceptors (Lipinski definition) is 5. The number of rotatable bonds is 6. The zero-order chi connectivity index (χ0) is 17.7. The highest BCUT2D eigenvalue weighted by atomic mass is 19.4. The predicted molar refractivity (Wildman–Crippen MR) is 78.7 cm³/mol. The van der Waals surface area contributed by atoms with E-state index in [9.17, 15) is 18.0 Å². The minimum atomic E-state index is -4.48. The molecule has 0 saturated carbocycles. The number of carbonyl (C=O) groups is 1. The van der Waals surface area contributed by atoms with E-state index in [0.29, 0.717) is 5.56 Å². The van der Waals surface area contributed by atoms with Gasteiger partial charge in [-0.15, -0.1) is 10.2 Å². The van der Waals surface area contributed by atoms with Gasteiger partial charge in [-0.25, -0.2) is 0 Å². The summed E-state index contributed by atoms with van der Waals surface area (Å²) in [5.41, 5.74) is 0.671. The molecule has 0 spiro atoms. The highest BCUT2D eigenvalue weighted by molar-refractivity contribution is 5.76. The van der Waals surface area contributed by atoms with Crippen LogP contribution in [0.3, 0.4) is 0 Å². The first-order valence-corrected chi connectivity index (χ1v) is 7.36. The molecule has 2 heterocycles. The van der Waals surface area contributed by atoms with E-state index in [1.165, 1.54) is 13.8 Å². The SMILES string of the molecule is CC(C)[C@@H](NC(=O)CCc1nnc(-c2ccncc2)o1)C(F)(F)F. The molecule has 0 fully saturated rings. The van der Waals surface area contributed by atoms with E-state index in [0.717, 1.165) is 0 Å². The van der Waals surface area contributed by atoms with Gasteiger partial charge in [-0.2, -0.15) is 13.2 Å². The molecule has 0 bridgehead atoms. The van der Waals surface area contributed by atoms with E-state index in [1.54, 1.807) is 24.5 Å². The van der Waals surface area contributed by atoms with Crippen LogP contribution in [0.25, 0.3) is 11.5 Å². The summed E-state index contributed by atoms with van der Waals surface area (Å²) in [6.45, 7) is 2.80. The van der Waals surface area contributed by atoms with Gasteiger partial charge in [-0.3, -0.25) is 9.78 Å². The maximum Gasteiger partial charge on any atom is 0.408 e. The minimum Gasteiger partial charge on any atom is -0.421 e. The lowest BCUT2D eigenvalue weighted by Gasteiger charge is -2.24. The zero-order valence-corrected chi connectivity index (χ0v) is 13.2. The fraction of sp³-hybridized carbons (Fsp3) is 0.467. The van der Waals surface area contributed by atoms with Gasteiger partial charge in [0, 0.05) is 30.8 Å². The molecule has 2 aromatic heterocycles. The largest absolute Gasteiger partial charge is 0.421 e. The Bertz CT molecular complexity index is 671. The monoisotopic (exact) mass is 342 g/mol. The van der Waals surface area contributed by atoms with E-state index >= 15 is 0 Å². The summed E-state index contributed by atoms with van der Waals surface area (Å²) >= 11 is 0. The zero-order valence-electron chi connectivity index (χ0n) is 13.2. The highest BCUT2D eigenvalue weighted by Gasteiger charge is 2.42. The molecule has 0 radical (unpaired) electrons. The Hall–Kier alpha value is -2.45. The maximum atomic E-state index is 12.8. The third-order valence-electron chi connectivity index (χ3n) is 3.30. The van der Waals surface area contributed by atoms with Gasteiger partial charge in [0.05, 0.1) is 0 Å². The molecule has 0 saturated heterocycles. The third kappa shape index (κ3) is 4.77. The van der Waals surface area contributed by atoms with Crippen molar-refractivity contribution >= 4 is 5.91 Å². The van der Waals surface area contributed by atoms with Gasteiger partial charge in [-0.05, 0) is 18.1 Å². The summed E-state index contributed by atoms with van der Waals surface area (Å²) in [7, 11) is 0. The number of pyridine rings is 1. The van der Waals surface area contributed by atoms with Crippen molar-refractivity contribution in [1.29, 1.82) is 0 Å².